The average Bonchev–Trinajstić information content (AvgIpc) is 3.71. The molecule has 10 atom stereocenters. The number of para-hydroxylation sites is 2. The number of nitrogens with one attached hydrogen (secondary N) is 2. The Morgan fingerprint density at radius 2 is 1.43 bits per heavy atom. The first-order chi connectivity index (χ1) is 23.5. The number of fused-ring (bicyclic) bond motifs is 7. The number of nitrogens with zero attached hydrogens (tertiary/aromatic N) is 4. The number of anilines is 2. The van der Waals surface area contributed by atoms with Gasteiger partial charge in [-0.15, -0.1) is 0 Å². The van der Waals surface area contributed by atoms with Crippen LogP contribution in [0.2, 0.25) is 0 Å². The van der Waals surface area contributed by atoms with E-state index in [-0.39, 0.29) is 17.7 Å². The van der Waals surface area contributed by atoms with Crippen molar-refractivity contribution in [2.45, 2.75) is 70.9 Å². The van der Waals surface area contributed by atoms with Crippen LogP contribution < -0.4 is 10.6 Å². The lowest BCUT2D eigenvalue weighted by Gasteiger charge is -2.59. The van der Waals surface area contributed by atoms with Crippen molar-refractivity contribution in [3.63, 3.8) is 0 Å². The van der Waals surface area contributed by atoms with Crippen molar-refractivity contribution in [2.24, 2.45) is 5.92 Å². The summed E-state index contributed by atoms with van der Waals surface area (Å²) in [5, 5.41) is 20.4. The number of benzene rings is 2. The molecule has 7 fully saturated rings. The van der Waals surface area contributed by atoms with E-state index in [0.29, 0.717) is 11.3 Å². The van der Waals surface area contributed by atoms with Crippen molar-refractivity contribution in [1.29, 1.82) is 0 Å². The molecule has 0 aliphatic carbocycles. The normalized spacial score (nSPS) is 43.7. The highest BCUT2D eigenvalue weighted by Crippen LogP contribution is 2.79. The minimum absolute atomic E-state index is 0.257. The molecule has 0 aromatic heterocycles. The van der Waals surface area contributed by atoms with Crippen molar-refractivity contribution < 1.29 is 33.8 Å². The second-order valence-corrected chi connectivity index (χ2v) is 20.2. The van der Waals surface area contributed by atoms with Crippen LogP contribution in [-0.2, 0) is 39.5 Å². The third-order valence-corrected chi connectivity index (χ3v) is 19.9. The molecule has 9 heterocycles. The van der Waals surface area contributed by atoms with E-state index < -0.39 is 68.9 Å². The maximum absolute atomic E-state index is 15.5. The Bertz CT molecular complexity index is 1940. The minimum atomic E-state index is -2.25. The van der Waals surface area contributed by atoms with Crippen LogP contribution in [0.25, 0.3) is 0 Å². The summed E-state index contributed by atoms with van der Waals surface area (Å²) >= 11 is 0. The second kappa shape index (κ2) is 9.35. The lowest BCUT2D eigenvalue weighted by atomic mass is 9.50. The summed E-state index contributed by atoms with van der Waals surface area (Å²) in [6, 6.07) is 15.2. The standard InChI is InChI=1S/C32H32N6O7S4/c1-14(2)31-27(43)38-24-29(16-11-7-9-13-18(16)34-24)22(32(38,26(42)36(31)4)47-49-48-46-31)45-30-21(40)28(29)15-10-6-8-12-17(15)33-23(28)37(30)19(39)20(44-5)35(3)25(30)41/h6-14,20-24,33-34,40H,1-5H3/t20-,21-,22-,23-,24+,28?,29?,30-,31?,32-/m0/s1. The Morgan fingerprint density at radius 3 is 2.06 bits per heavy atom. The highest BCUT2D eigenvalue weighted by atomic mass is 33.7. The molecule has 4 spiro atoms. The molecule has 17 heteroatoms. The van der Waals surface area contributed by atoms with E-state index in [1.165, 1.54) is 65.2 Å². The number of aliphatic hydroxyl groups is 1. The topological polar surface area (TPSA) is 144 Å². The highest BCUT2D eigenvalue weighted by Gasteiger charge is 2.95. The van der Waals surface area contributed by atoms with Gasteiger partial charge < -0.3 is 35.0 Å². The number of likely N-dealkylation sites (N-methyl/N-ethyl adjacent to an activating group) is 2. The predicted octanol–water partition coefficient (Wildman–Crippen LogP) is 2.16. The Balaban J connectivity index is 1.37. The van der Waals surface area contributed by atoms with Crippen molar-refractivity contribution in [3.8, 4) is 0 Å². The van der Waals surface area contributed by atoms with Gasteiger partial charge in [-0.25, -0.2) is 0 Å². The fraction of sp³-hybridized carbons (Fsp3) is 0.500. The summed E-state index contributed by atoms with van der Waals surface area (Å²) in [7, 11) is 9.90. The molecule has 3 unspecified atom stereocenters. The first kappa shape index (κ1) is 31.0. The smallest absolute Gasteiger partial charge is 0.281 e. The average molecular weight is 741 g/mol. The van der Waals surface area contributed by atoms with Gasteiger partial charge in [-0.1, -0.05) is 50.2 Å². The van der Waals surface area contributed by atoms with Crippen LogP contribution in [0.1, 0.15) is 25.0 Å². The van der Waals surface area contributed by atoms with E-state index >= 15 is 9.59 Å². The highest BCUT2D eigenvalue weighted by molar-refractivity contribution is 9.26. The van der Waals surface area contributed by atoms with Gasteiger partial charge in [-0.2, -0.15) is 0 Å². The first-order valence-corrected chi connectivity index (χ1v) is 20.8. The number of hydrogen-bond donors (Lipinski definition) is 3. The summed E-state index contributed by atoms with van der Waals surface area (Å²) in [4.78, 5) is 63.2. The molecule has 3 N–H and O–H groups in total. The second-order valence-electron chi connectivity index (χ2n) is 14.1. The zero-order valence-electron chi connectivity index (χ0n) is 26.9. The molecule has 13 nitrogen and oxygen atoms in total. The zero-order chi connectivity index (χ0) is 34.2. The number of methoxy groups -OCH3 is 1. The molecular formula is C32H32N6O7S4. The summed E-state index contributed by atoms with van der Waals surface area (Å²) in [6.07, 6.45) is -6.07. The summed E-state index contributed by atoms with van der Waals surface area (Å²) in [5.41, 5.74) is -2.36. The fourth-order valence-electron chi connectivity index (χ4n) is 10.7. The van der Waals surface area contributed by atoms with Crippen LogP contribution in [0, 0.1) is 5.92 Å². The molecule has 0 saturated carbocycles. The maximum atomic E-state index is 15.5. The van der Waals surface area contributed by atoms with Crippen LogP contribution in [0.5, 0.6) is 0 Å². The predicted molar refractivity (Wildman–Crippen MR) is 185 cm³/mol. The van der Waals surface area contributed by atoms with E-state index in [2.05, 4.69) is 10.6 Å². The van der Waals surface area contributed by atoms with E-state index in [1.54, 1.807) is 16.8 Å². The molecule has 4 bridgehead atoms. The Labute approximate surface area is 296 Å². The van der Waals surface area contributed by atoms with Crippen molar-refractivity contribution in [2.75, 3.05) is 31.8 Å². The number of carbonyl (C=O) groups is 4. The molecule has 4 amide bonds. The van der Waals surface area contributed by atoms with Crippen LogP contribution in [0.15, 0.2) is 48.5 Å². The van der Waals surface area contributed by atoms with Gasteiger partial charge >= 0.3 is 0 Å². The number of carbonyl (C=O) groups excluding carboxylic acids is 4. The molecule has 2 aromatic carbocycles. The number of rotatable bonds is 2. The Kier molecular flexibility index (Phi) is 5.91. The molecule has 2 aromatic rings. The van der Waals surface area contributed by atoms with Crippen molar-refractivity contribution >= 4 is 76.2 Å². The molecule has 49 heavy (non-hydrogen) atoms. The Hall–Kier alpha value is -2.80. The van der Waals surface area contributed by atoms with Gasteiger partial charge in [-0.3, -0.25) is 29.0 Å². The van der Waals surface area contributed by atoms with Crippen LogP contribution >= 0.6 is 41.2 Å². The van der Waals surface area contributed by atoms with Gasteiger partial charge in [0.25, 0.3) is 29.4 Å². The molecule has 11 rings (SSSR count). The molecule has 9 aliphatic rings. The number of ether oxygens (including phenoxy) is 2. The summed E-state index contributed by atoms with van der Waals surface area (Å²) in [5.74, 6) is -2.11. The van der Waals surface area contributed by atoms with Gasteiger partial charge in [-0.05, 0) is 70.4 Å². The monoisotopic (exact) mass is 740 g/mol. The number of aliphatic hydroxyl groups excluding tert-OH is 1. The maximum Gasteiger partial charge on any atom is 0.281 e. The third kappa shape index (κ3) is 2.78. The van der Waals surface area contributed by atoms with Gasteiger partial charge in [0, 0.05) is 32.6 Å². The minimum Gasteiger partial charge on any atom is -0.386 e. The fourth-order valence-corrected chi connectivity index (χ4v) is 18.8. The zero-order valence-corrected chi connectivity index (χ0v) is 30.2. The van der Waals surface area contributed by atoms with E-state index in [4.69, 9.17) is 9.47 Å². The SMILES string of the molecule is CO[C@H]1C(=O)N2[C@@H]3Nc4ccccc4C34[C@H](O)[C@]2(O[C@H]2C43c4ccccc4N[C@@H]3N3C(=O)C4(C(C)C)SSSS[C@]23C(=O)N4C)C(=O)N1C. The third-order valence-electron chi connectivity index (χ3n) is 12.4. The van der Waals surface area contributed by atoms with Gasteiger partial charge in [0.05, 0.1) is 10.8 Å². The van der Waals surface area contributed by atoms with Crippen LogP contribution in [0.3, 0.4) is 0 Å². The van der Waals surface area contributed by atoms with E-state index in [1.807, 2.05) is 62.4 Å². The molecular weight excluding hydrogens is 709 g/mol. The lowest BCUT2D eigenvalue weighted by molar-refractivity contribution is -0.269. The summed E-state index contributed by atoms with van der Waals surface area (Å²) in [6.45, 7) is 3.88. The van der Waals surface area contributed by atoms with Crippen LogP contribution in [-0.4, -0.2) is 116 Å². The summed E-state index contributed by atoms with van der Waals surface area (Å²) < 4.78 is 12.8. The number of amides is 4. The molecule has 256 valence electrons. The number of hydrogen-bond acceptors (Lipinski definition) is 13. The largest absolute Gasteiger partial charge is 0.386 e. The quantitative estimate of drug-likeness (QED) is 0.388. The van der Waals surface area contributed by atoms with E-state index in [0.717, 1.165) is 11.3 Å². The van der Waals surface area contributed by atoms with Gasteiger partial charge in [0.1, 0.15) is 24.5 Å². The van der Waals surface area contributed by atoms with Crippen molar-refractivity contribution in [1.82, 2.24) is 19.6 Å². The van der Waals surface area contributed by atoms with Gasteiger partial charge in [0.2, 0.25) is 11.1 Å². The Morgan fingerprint density at radius 1 is 0.837 bits per heavy atom. The van der Waals surface area contributed by atoms with Crippen LogP contribution in [0.4, 0.5) is 11.4 Å². The molecule has 9 aliphatic heterocycles. The van der Waals surface area contributed by atoms with E-state index in [9.17, 15) is 14.7 Å². The first-order valence-electron chi connectivity index (χ1n) is 16.0. The van der Waals surface area contributed by atoms with Gasteiger partial charge in [0.15, 0.2) is 4.87 Å². The number of piperazine rings is 2. The lowest BCUT2D eigenvalue weighted by Crippen LogP contribution is -2.81. The van der Waals surface area contributed by atoms with Crippen molar-refractivity contribution in [3.05, 3.63) is 59.7 Å². The molecule has 7 saturated heterocycles. The molecule has 0 radical (unpaired) electrons.